The zero-order valence-corrected chi connectivity index (χ0v) is 25.9. The van der Waals surface area contributed by atoms with E-state index in [1.807, 2.05) is 76.8 Å². The third-order valence-electron chi connectivity index (χ3n) is 7.21. The average Bonchev–Trinajstić information content (AvgIpc) is 2.86. The Morgan fingerprint density at radius 1 is 0.775 bits per heavy atom. The number of likely N-dealkylation sites (tertiary alicyclic amines) is 1. The number of nitrogens with zero attached hydrogens (tertiary/aromatic N) is 1. The van der Waals surface area contributed by atoms with Crippen LogP contribution in [0.15, 0.2) is 30.3 Å². The van der Waals surface area contributed by atoms with Crippen molar-refractivity contribution in [3.05, 3.63) is 35.9 Å². The highest BCUT2D eigenvalue weighted by molar-refractivity contribution is 5.94. The Hall–Kier alpha value is -2.81. The van der Waals surface area contributed by atoms with Crippen molar-refractivity contribution in [3.63, 3.8) is 0 Å². The molecule has 9 nitrogen and oxygen atoms in total. The summed E-state index contributed by atoms with van der Waals surface area (Å²) in [5.41, 5.74) is 0.0234. The second-order valence-electron chi connectivity index (χ2n) is 13.7. The molecule has 0 radical (unpaired) electrons. The number of ether oxygens (including phenoxy) is 2. The maximum Gasteiger partial charge on any atom is 0.407 e. The van der Waals surface area contributed by atoms with Gasteiger partial charge in [0.2, 0.25) is 0 Å². The van der Waals surface area contributed by atoms with Crippen molar-refractivity contribution in [1.29, 1.82) is 0 Å². The van der Waals surface area contributed by atoms with E-state index in [1.54, 1.807) is 0 Å². The fourth-order valence-corrected chi connectivity index (χ4v) is 4.60. The average molecular weight is 561 g/mol. The Kier molecular flexibility index (Phi) is 11.9. The van der Waals surface area contributed by atoms with E-state index in [0.717, 1.165) is 44.3 Å². The lowest BCUT2D eigenvalue weighted by Gasteiger charge is -2.39. The van der Waals surface area contributed by atoms with Crippen molar-refractivity contribution < 1.29 is 23.9 Å². The number of hydrogen-bond acceptors (Lipinski definition) is 6. The molecule has 3 N–H and O–H groups in total. The SMILES string of the molecule is CC1(CNC(=O)OC(C)(C)C)CCN(C(=O)c2ccccc2)CC1.CC1(CNC(=O)OC(C)(C)C)CCNCC1. The predicted molar refractivity (Wildman–Crippen MR) is 158 cm³/mol. The smallest absolute Gasteiger partial charge is 0.407 e. The van der Waals surface area contributed by atoms with Gasteiger partial charge in [-0.25, -0.2) is 9.59 Å². The highest BCUT2D eigenvalue weighted by Gasteiger charge is 2.33. The van der Waals surface area contributed by atoms with Crippen LogP contribution in [0.3, 0.4) is 0 Å². The van der Waals surface area contributed by atoms with Crippen molar-refractivity contribution >= 4 is 18.1 Å². The molecule has 9 heteroatoms. The van der Waals surface area contributed by atoms with Gasteiger partial charge < -0.3 is 30.3 Å². The molecular formula is C31H52N4O5. The molecule has 0 spiro atoms. The Bertz CT molecular complexity index is 954. The summed E-state index contributed by atoms with van der Waals surface area (Å²) in [4.78, 5) is 37.7. The molecule has 1 aromatic carbocycles. The molecule has 3 amide bonds. The number of alkyl carbamates (subject to hydrolysis) is 2. The van der Waals surface area contributed by atoms with Gasteiger partial charge in [-0.1, -0.05) is 32.0 Å². The van der Waals surface area contributed by atoms with Gasteiger partial charge in [0.25, 0.3) is 5.91 Å². The summed E-state index contributed by atoms with van der Waals surface area (Å²) in [5.74, 6) is 0.0813. The van der Waals surface area contributed by atoms with Crippen LogP contribution in [0.1, 0.15) is 91.4 Å². The lowest BCUT2D eigenvalue weighted by atomic mass is 9.80. The second-order valence-corrected chi connectivity index (χ2v) is 13.7. The number of carbonyl (C=O) groups excluding carboxylic acids is 3. The van der Waals surface area contributed by atoms with E-state index in [-0.39, 0.29) is 28.9 Å². The quantitative estimate of drug-likeness (QED) is 0.448. The number of amides is 3. The van der Waals surface area contributed by atoms with Crippen LogP contribution in [0.25, 0.3) is 0 Å². The summed E-state index contributed by atoms with van der Waals surface area (Å²) in [6.07, 6.45) is 3.23. The van der Waals surface area contributed by atoms with E-state index in [4.69, 9.17) is 9.47 Å². The summed E-state index contributed by atoms with van der Waals surface area (Å²) in [7, 11) is 0. The van der Waals surface area contributed by atoms with Crippen LogP contribution >= 0.6 is 0 Å². The summed E-state index contributed by atoms with van der Waals surface area (Å²) in [5, 5.41) is 9.04. The topological polar surface area (TPSA) is 109 Å². The lowest BCUT2D eigenvalue weighted by Crippen LogP contribution is -2.47. The maximum absolute atomic E-state index is 12.5. The molecule has 0 aromatic heterocycles. The number of hydrogen-bond donors (Lipinski definition) is 3. The fourth-order valence-electron chi connectivity index (χ4n) is 4.60. The first-order valence-electron chi connectivity index (χ1n) is 14.5. The highest BCUT2D eigenvalue weighted by Crippen LogP contribution is 2.31. The van der Waals surface area contributed by atoms with E-state index in [9.17, 15) is 14.4 Å². The van der Waals surface area contributed by atoms with Crippen LogP contribution < -0.4 is 16.0 Å². The molecule has 226 valence electrons. The highest BCUT2D eigenvalue weighted by atomic mass is 16.6. The third kappa shape index (κ3) is 12.6. The minimum atomic E-state index is -0.490. The third-order valence-corrected chi connectivity index (χ3v) is 7.21. The lowest BCUT2D eigenvalue weighted by molar-refractivity contribution is 0.0442. The van der Waals surface area contributed by atoms with Gasteiger partial charge in [0, 0.05) is 31.7 Å². The molecule has 2 aliphatic rings. The van der Waals surface area contributed by atoms with Crippen LogP contribution in [0.2, 0.25) is 0 Å². The molecule has 3 rings (SSSR count). The molecule has 2 fully saturated rings. The van der Waals surface area contributed by atoms with Gasteiger partial charge in [-0.3, -0.25) is 4.79 Å². The number of carbonyl (C=O) groups is 3. The van der Waals surface area contributed by atoms with Crippen molar-refractivity contribution in [2.24, 2.45) is 10.8 Å². The van der Waals surface area contributed by atoms with Gasteiger partial charge in [-0.15, -0.1) is 0 Å². The van der Waals surface area contributed by atoms with Crippen LogP contribution in [0.4, 0.5) is 9.59 Å². The molecule has 0 unspecified atom stereocenters. The maximum atomic E-state index is 12.5. The zero-order valence-electron chi connectivity index (χ0n) is 25.9. The molecule has 2 aliphatic heterocycles. The Labute approximate surface area is 241 Å². The van der Waals surface area contributed by atoms with Gasteiger partial charge in [0.15, 0.2) is 0 Å². The summed E-state index contributed by atoms with van der Waals surface area (Å²) >= 11 is 0. The van der Waals surface area contributed by atoms with Gasteiger partial charge in [-0.2, -0.15) is 0 Å². The van der Waals surface area contributed by atoms with Crippen LogP contribution in [-0.2, 0) is 9.47 Å². The first-order valence-corrected chi connectivity index (χ1v) is 14.5. The minimum Gasteiger partial charge on any atom is -0.444 e. The zero-order chi connectivity index (χ0) is 30.0. The van der Waals surface area contributed by atoms with Gasteiger partial charge in [0.05, 0.1) is 0 Å². The van der Waals surface area contributed by atoms with Crippen molar-refractivity contribution in [3.8, 4) is 0 Å². The summed E-state index contributed by atoms with van der Waals surface area (Å²) in [6.45, 7) is 20.3. The number of benzene rings is 1. The molecule has 0 atom stereocenters. The van der Waals surface area contributed by atoms with Gasteiger partial charge in [-0.05, 0) is 103 Å². The van der Waals surface area contributed by atoms with Crippen LogP contribution in [-0.4, -0.2) is 73.5 Å². The Balaban J connectivity index is 0.000000305. The Morgan fingerprint density at radius 2 is 1.20 bits per heavy atom. The molecule has 40 heavy (non-hydrogen) atoms. The first-order chi connectivity index (χ1) is 18.5. The Morgan fingerprint density at radius 3 is 1.62 bits per heavy atom. The van der Waals surface area contributed by atoms with E-state index in [0.29, 0.717) is 26.2 Å². The molecule has 2 saturated heterocycles. The number of piperidine rings is 2. The van der Waals surface area contributed by atoms with E-state index >= 15 is 0 Å². The number of nitrogens with one attached hydrogen (secondary N) is 3. The molecular weight excluding hydrogens is 508 g/mol. The van der Waals surface area contributed by atoms with Crippen LogP contribution in [0, 0.1) is 10.8 Å². The number of rotatable bonds is 5. The minimum absolute atomic E-state index is 0.00955. The molecule has 0 bridgehead atoms. The summed E-state index contributed by atoms with van der Waals surface area (Å²) in [6, 6.07) is 9.37. The van der Waals surface area contributed by atoms with Gasteiger partial charge in [0.1, 0.15) is 11.2 Å². The van der Waals surface area contributed by atoms with Gasteiger partial charge >= 0.3 is 12.2 Å². The molecule has 0 aliphatic carbocycles. The summed E-state index contributed by atoms with van der Waals surface area (Å²) < 4.78 is 10.5. The van der Waals surface area contributed by atoms with E-state index in [2.05, 4.69) is 29.8 Å². The standard InChI is InChI=1S/C19H28N2O3.C12H24N2O2/c1-18(2,3)24-17(23)20-14-19(4)10-12-21(13-11-19)16(22)15-8-6-5-7-9-15;1-11(2,3)16-10(15)14-9-12(4)5-7-13-8-6-12/h5-9H,10-14H2,1-4H3,(H,20,23);13H,5-9H2,1-4H3,(H,14,15). The fraction of sp³-hybridized carbons (Fsp3) is 0.710. The molecule has 2 heterocycles. The monoisotopic (exact) mass is 560 g/mol. The first kappa shape index (κ1) is 33.4. The second kappa shape index (κ2) is 14.2. The van der Waals surface area contributed by atoms with Crippen molar-refractivity contribution in [2.75, 3.05) is 39.3 Å². The van der Waals surface area contributed by atoms with Crippen LogP contribution in [0.5, 0.6) is 0 Å². The molecule has 1 aromatic rings. The van der Waals surface area contributed by atoms with Crippen molar-refractivity contribution in [2.45, 2.75) is 92.3 Å². The predicted octanol–water partition coefficient (Wildman–Crippen LogP) is 5.35. The largest absolute Gasteiger partial charge is 0.444 e. The van der Waals surface area contributed by atoms with E-state index < -0.39 is 11.2 Å². The normalized spacial score (nSPS) is 18.4. The molecule has 0 saturated carbocycles. The van der Waals surface area contributed by atoms with Crippen molar-refractivity contribution in [1.82, 2.24) is 20.9 Å². The van der Waals surface area contributed by atoms with E-state index in [1.165, 1.54) is 0 Å².